The van der Waals surface area contributed by atoms with Crippen LogP contribution in [0.2, 0.25) is 0 Å². The summed E-state index contributed by atoms with van der Waals surface area (Å²) in [6.45, 7) is 4.01. The average molecular weight is 492 g/mol. The first-order valence-corrected chi connectivity index (χ1v) is 10.8. The van der Waals surface area contributed by atoms with Gasteiger partial charge in [0.25, 0.3) is 0 Å². The van der Waals surface area contributed by atoms with Crippen LogP contribution in [0.5, 0.6) is 0 Å². The predicted octanol–water partition coefficient (Wildman–Crippen LogP) is 3.25. The molecule has 2 aliphatic rings. The average Bonchev–Trinajstić information content (AvgIpc) is 2.72. The standard InChI is InChI=1S/C23H26BrNO6/c1-12-10-16-20(21(26)17(12)22(27)30-4)19(14-6-5-7-15(24)11-14)18(13(2)25-16)23(28)31-9-8-29-3/h5-7,11-12,17,19,25H,8-10H2,1-4H3/t12-,17-,19+/m1/s1. The van der Waals surface area contributed by atoms with Crippen LogP contribution in [-0.2, 0) is 28.6 Å². The van der Waals surface area contributed by atoms with E-state index in [1.165, 1.54) is 14.2 Å². The number of methoxy groups -OCH3 is 2. The highest BCUT2D eigenvalue weighted by atomic mass is 79.9. The van der Waals surface area contributed by atoms with Gasteiger partial charge in [-0.15, -0.1) is 0 Å². The topological polar surface area (TPSA) is 90.9 Å². The van der Waals surface area contributed by atoms with Gasteiger partial charge in [-0.3, -0.25) is 9.59 Å². The third-order valence-corrected chi connectivity index (χ3v) is 6.16. The van der Waals surface area contributed by atoms with Crippen molar-refractivity contribution in [1.29, 1.82) is 0 Å². The molecule has 1 aliphatic heterocycles. The Morgan fingerprint density at radius 3 is 2.61 bits per heavy atom. The van der Waals surface area contributed by atoms with Crippen molar-refractivity contribution in [2.45, 2.75) is 26.2 Å². The summed E-state index contributed by atoms with van der Waals surface area (Å²) >= 11 is 3.47. The Balaban J connectivity index is 2.12. The lowest BCUT2D eigenvalue weighted by molar-refractivity contribution is -0.151. The lowest BCUT2D eigenvalue weighted by Crippen LogP contribution is -2.43. The summed E-state index contributed by atoms with van der Waals surface area (Å²) in [7, 11) is 2.80. The molecule has 0 aromatic heterocycles. The number of hydrogen-bond donors (Lipinski definition) is 1. The summed E-state index contributed by atoms with van der Waals surface area (Å²) in [6, 6.07) is 7.45. The van der Waals surface area contributed by atoms with Gasteiger partial charge in [0.2, 0.25) is 0 Å². The molecule has 1 aliphatic carbocycles. The number of carbonyl (C=O) groups is 3. The van der Waals surface area contributed by atoms with E-state index >= 15 is 0 Å². The molecule has 0 spiro atoms. The van der Waals surface area contributed by atoms with E-state index in [1.54, 1.807) is 6.92 Å². The molecule has 0 saturated carbocycles. The van der Waals surface area contributed by atoms with Crippen LogP contribution in [0.1, 0.15) is 31.7 Å². The minimum atomic E-state index is -0.913. The van der Waals surface area contributed by atoms with Crippen molar-refractivity contribution in [1.82, 2.24) is 5.32 Å². The normalized spacial score (nSPS) is 23.3. The van der Waals surface area contributed by atoms with Gasteiger partial charge in [-0.1, -0.05) is 35.0 Å². The minimum Gasteiger partial charge on any atom is -0.468 e. The van der Waals surface area contributed by atoms with Crippen LogP contribution in [-0.4, -0.2) is 45.2 Å². The Labute approximate surface area is 189 Å². The monoisotopic (exact) mass is 491 g/mol. The van der Waals surface area contributed by atoms with Crippen LogP contribution in [0, 0.1) is 11.8 Å². The summed E-state index contributed by atoms with van der Waals surface area (Å²) in [5.41, 5.74) is 2.87. The first-order chi connectivity index (χ1) is 14.8. The summed E-state index contributed by atoms with van der Waals surface area (Å²) in [6.07, 6.45) is 0.495. The first kappa shape index (κ1) is 23.2. The van der Waals surface area contributed by atoms with E-state index in [2.05, 4.69) is 21.2 Å². The number of allylic oxidation sites excluding steroid dienone is 3. The quantitative estimate of drug-likeness (QED) is 0.371. The Morgan fingerprint density at radius 2 is 1.97 bits per heavy atom. The maximum absolute atomic E-state index is 13.6. The summed E-state index contributed by atoms with van der Waals surface area (Å²) < 4.78 is 16.1. The number of carbonyl (C=O) groups excluding carboxylic acids is 3. The van der Waals surface area contributed by atoms with Crippen molar-refractivity contribution in [2.75, 3.05) is 27.4 Å². The molecule has 1 heterocycles. The maximum atomic E-state index is 13.6. The number of ether oxygens (including phenoxy) is 3. The van der Waals surface area contributed by atoms with E-state index in [-0.39, 0.29) is 24.9 Å². The molecule has 0 amide bonds. The van der Waals surface area contributed by atoms with Crippen molar-refractivity contribution >= 4 is 33.7 Å². The molecule has 3 atom stereocenters. The van der Waals surface area contributed by atoms with Gasteiger partial charge in [0.15, 0.2) is 5.78 Å². The molecule has 31 heavy (non-hydrogen) atoms. The van der Waals surface area contributed by atoms with E-state index in [1.807, 2.05) is 31.2 Å². The van der Waals surface area contributed by atoms with E-state index < -0.39 is 23.8 Å². The minimum absolute atomic E-state index is 0.0962. The highest BCUT2D eigenvalue weighted by Gasteiger charge is 2.47. The van der Waals surface area contributed by atoms with E-state index in [0.29, 0.717) is 23.3 Å². The highest BCUT2D eigenvalue weighted by Crippen LogP contribution is 2.45. The lowest BCUT2D eigenvalue weighted by Gasteiger charge is -2.38. The van der Waals surface area contributed by atoms with Crippen LogP contribution < -0.4 is 5.32 Å². The van der Waals surface area contributed by atoms with Crippen LogP contribution in [0.3, 0.4) is 0 Å². The zero-order chi connectivity index (χ0) is 22.7. The van der Waals surface area contributed by atoms with Crippen molar-refractivity contribution in [3.63, 3.8) is 0 Å². The molecule has 3 rings (SSSR count). The van der Waals surface area contributed by atoms with Gasteiger partial charge in [-0.2, -0.15) is 0 Å². The SMILES string of the molecule is COCCOC(=O)C1=C(C)NC2=C(C(=O)[C@H](C(=O)OC)[C@H](C)C2)[C@H]1c1cccc(Br)c1. The molecule has 0 unspecified atom stereocenters. The van der Waals surface area contributed by atoms with Crippen molar-refractivity contribution in [3.8, 4) is 0 Å². The fourth-order valence-corrected chi connectivity index (χ4v) is 4.68. The molecular weight excluding hydrogens is 466 g/mol. The second-order valence-corrected chi connectivity index (χ2v) is 8.63. The van der Waals surface area contributed by atoms with Gasteiger partial charge in [0, 0.05) is 34.5 Å². The largest absolute Gasteiger partial charge is 0.468 e. The van der Waals surface area contributed by atoms with Gasteiger partial charge in [0.1, 0.15) is 12.5 Å². The molecular formula is C23H26BrNO6. The van der Waals surface area contributed by atoms with Crippen LogP contribution in [0.4, 0.5) is 0 Å². The van der Waals surface area contributed by atoms with E-state index in [0.717, 1.165) is 15.7 Å². The first-order valence-electron chi connectivity index (χ1n) is 10.0. The molecule has 1 N–H and O–H groups in total. The number of hydrogen-bond acceptors (Lipinski definition) is 7. The summed E-state index contributed by atoms with van der Waals surface area (Å²) in [4.78, 5) is 39.0. The number of halogens is 1. The van der Waals surface area contributed by atoms with Crippen molar-refractivity contribution < 1.29 is 28.6 Å². The Hall–Kier alpha value is -2.45. The van der Waals surface area contributed by atoms with Gasteiger partial charge >= 0.3 is 11.9 Å². The Bertz CT molecular complexity index is 967. The molecule has 0 bridgehead atoms. The Morgan fingerprint density at radius 1 is 1.23 bits per heavy atom. The fraction of sp³-hybridized carbons (Fsp3) is 0.435. The molecule has 0 fully saturated rings. The molecule has 8 heteroatoms. The number of esters is 2. The highest BCUT2D eigenvalue weighted by molar-refractivity contribution is 9.10. The number of dihydropyridines is 1. The predicted molar refractivity (Wildman–Crippen MR) is 117 cm³/mol. The van der Waals surface area contributed by atoms with Gasteiger partial charge in [-0.25, -0.2) is 4.79 Å². The van der Waals surface area contributed by atoms with Gasteiger partial charge in [0.05, 0.1) is 19.3 Å². The summed E-state index contributed by atoms with van der Waals surface area (Å²) in [5.74, 6) is -3.21. The van der Waals surface area contributed by atoms with E-state index in [9.17, 15) is 14.4 Å². The van der Waals surface area contributed by atoms with Crippen molar-refractivity contribution in [2.24, 2.45) is 11.8 Å². The molecule has 1 aromatic rings. The van der Waals surface area contributed by atoms with Crippen LogP contribution in [0.25, 0.3) is 0 Å². The van der Waals surface area contributed by atoms with Gasteiger partial charge < -0.3 is 19.5 Å². The number of Topliss-reactive ketones (excluding diaryl/α,β-unsaturated/α-hetero) is 1. The lowest BCUT2D eigenvalue weighted by atomic mass is 9.69. The van der Waals surface area contributed by atoms with Crippen molar-refractivity contribution in [3.05, 3.63) is 56.8 Å². The molecule has 0 radical (unpaired) electrons. The van der Waals surface area contributed by atoms with E-state index in [4.69, 9.17) is 14.2 Å². The zero-order valence-corrected chi connectivity index (χ0v) is 19.6. The Kier molecular flexibility index (Phi) is 7.33. The molecule has 0 saturated heterocycles. The second-order valence-electron chi connectivity index (χ2n) is 7.72. The molecule has 166 valence electrons. The summed E-state index contributed by atoms with van der Waals surface area (Å²) in [5, 5.41) is 3.23. The number of nitrogens with one attached hydrogen (secondary N) is 1. The third-order valence-electron chi connectivity index (χ3n) is 5.67. The van der Waals surface area contributed by atoms with Crippen LogP contribution >= 0.6 is 15.9 Å². The fourth-order valence-electron chi connectivity index (χ4n) is 4.27. The van der Waals surface area contributed by atoms with Gasteiger partial charge in [-0.05, 0) is 37.0 Å². The zero-order valence-electron chi connectivity index (χ0n) is 18.0. The number of ketones is 1. The number of benzene rings is 1. The van der Waals surface area contributed by atoms with Crippen LogP contribution in [0.15, 0.2) is 51.3 Å². The molecule has 7 nitrogen and oxygen atoms in total. The smallest absolute Gasteiger partial charge is 0.336 e. The molecule has 1 aromatic carbocycles. The third kappa shape index (κ3) is 4.60. The number of rotatable bonds is 6. The second kappa shape index (κ2) is 9.78. The maximum Gasteiger partial charge on any atom is 0.336 e.